The maximum absolute atomic E-state index is 2.46. The van der Waals surface area contributed by atoms with Crippen molar-refractivity contribution in [3.63, 3.8) is 0 Å². The molecule has 0 heteroatoms. The van der Waals surface area contributed by atoms with E-state index in [9.17, 15) is 0 Å². The molecule has 0 amide bonds. The largest absolute Gasteiger partial charge is 0.0622 e. The van der Waals surface area contributed by atoms with Gasteiger partial charge in [0.15, 0.2) is 0 Å². The molecule has 14 aromatic rings. The molecule has 364 valence electrons. The molecule has 0 aliphatic heterocycles. The van der Waals surface area contributed by atoms with Crippen molar-refractivity contribution in [2.24, 2.45) is 0 Å². The maximum atomic E-state index is 2.46. The monoisotopic (exact) mass is 988 g/mol. The van der Waals surface area contributed by atoms with Crippen molar-refractivity contribution in [3.05, 3.63) is 315 Å². The van der Waals surface area contributed by atoms with Crippen LogP contribution in [0.3, 0.4) is 0 Å². The van der Waals surface area contributed by atoms with E-state index in [0.29, 0.717) is 0 Å². The Labute approximate surface area is 456 Å². The quantitative estimate of drug-likeness (QED) is 0.120. The van der Waals surface area contributed by atoms with E-state index in [4.69, 9.17) is 0 Å². The summed E-state index contributed by atoms with van der Waals surface area (Å²) in [6, 6.07) is 116. The predicted molar refractivity (Wildman–Crippen MR) is 333 cm³/mol. The molecular formula is C78H52. The van der Waals surface area contributed by atoms with E-state index in [1.54, 1.807) is 0 Å². The second-order valence-electron chi connectivity index (χ2n) is 20.3. The number of hydrogen-bond donors (Lipinski definition) is 0. The lowest BCUT2D eigenvalue weighted by Crippen LogP contribution is -1.99. The zero-order valence-electron chi connectivity index (χ0n) is 43.0. The Kier molecular flexibility index (Phi) is 12.0. The molecule has 0 aromatic heterocycles. The topological polar surface area (TPSA) is 0 Å². The predicted octanol–water partition coefficient (Wildman–Crippen LogP) is 21.8. The van der Waals surface area contributed by atoms with Gasteiger partial charge in [-0.15, -0.1) is 0 Å². The van der Waals surface area contributed by atoms with Crippen molar-refractivity contribution < 1.29 is 0 Å². The smallest absolute Gasteiger partial charge is 0.000139 e. The van der Waals surface area contributed by atoms with E-state index >= 15 is 0 Å². The summed E-state index contributed by atoms with van der Waals surface area (Å²) < 4.78 is 0. The summed E-state index contributed by atoms with van der Waals surface area (Å²) in [6.45, 7) is 0. The SMILES string of the molecule is c1ccc(-c2ccc(-c3c4ccc(-c5ccccc5)cc4c(-c4ccc(-c5ccccc5)cc4)c4c(-c5ccc(-c6ccccc6)cc5)c5ccc(-c6ccccc6)cc5c(-c5ccc(-c6ccccc6)cc5)c34)cc2)cc1. The fourth-order valence-corrected chi connectivity index (χ4v) is 11.9. The highest BCUT2D eigenvalue weighted by atomic mass is 14.3. The number of hydrogen-bond acceptors (Lipinski definition) is 0. The van der Waals surface area contributed by atoms with Crippen LogP contribution in [-0.4, -0.2) is 0 Å². The molecule has 0 aliphatic carbocycles. The molecule has 0 nitrogen and oxygen atoms in total. The fraction of sp³-hybridized carbons (Fsp3) is 0. The van der Waals surface area contributed by atoms with Gasteiger partial charge in [-0.3, -0.25) is 0 Å². The molecule has 0 saturated carbocycles. The van der Waals surface area contributed by atoms with Crippen LogP contribution in [0.15, 0.2) is 315 Å². The molecule has 0 fully saturated rings. The van der Waals surface area contributed by atoms with E-state index in [1.807, 2.05) is 0 Å². The van der Waals surface area contributed by atoms with Crippen molar-refractivity contribution in [2.75, 3.05) is 0 Å². The van der Waals surface area contributed by atoms with Gasteiger partial charge in [0.05, 0.1) is 0 Å². The van der Waals surface area contributed by atoms with Crippen molar-refractivity contribution in [3.8, 4) is 111 Å². The van der Waals surface area contributed by atoms with Gasteiger partial charge in [-0.2, -0.15) is 0 Å². The molecule has 14 rings (SSSR count). The summed E-state index contributed by atoms with van der Waals surface area (Å²) in [5, 5.41) is 7.23. The summed E-state index contributed by atoms with van der Waals surface area (Å²) in [7, 11) is 0. The lowest BCUT2D eigenvalue weighted by molar-refractivity contribution is 1.59. The first kappa shape index (κ1) is 46.4. The molecule has 0 atom stereocenters. The van der Waals surface area contributed by atoms with Crippen LogP contribution in [0.2, 0.25) is 0 Å². The Hall–Kier alpha value is -10.1. The Morgan fingerprint density at radius 2 is 0.282 bits per heavy atom. The molecule has 0 unspecified atom stereocenters. The van der Waals surface area contributed by atoms with E-state index in [0.717, 1.165) is 22.3 Å². The number of rotatable bonds is 10. The van der Waals surface area contributed by atoms with E-state index < -0.39 is 0 Å². The zero-order chi connectivity index (χ0) is 51.8. The summed E-state index contributed by atoms with van der Waals surface area (Å²) in [5.41, 5.74) is 23.7. The van der Waals surface area contributed by atoms with E-state index in [1.165, 1.54) is 121 Å². The summed E-state index contributed by atoms with van der Waals surface area (Å²) in [6.07, 6.45) is 0. The van der Waals surface area contributed by atoms with Gasteiger partial charge >= 0.3 is 0 Å². The zero-order valence-corrected chi connectivity index (χ0v) is 43.0. The summed E-state index contributed by atoms with van der Waals surface area (Å²) in [4.78, 5) is 0. The van der Waals surface area contributed by atoms with Crippen molar-refractivity contribution >= 4 is 32.3 Å². The van der Waals surface area contributed by atoms with Gasteiger partial charge in [-0.05, 0) is 156 Å². The molecule has 0 spiro atoms. The van der Waals surface area contributed by atoms with Crippen molar-refractivity contribution in [1.82, 2.24) is 0 Å². The first-order valence-corrected chi connectivity index (χ1v) is 27.0. The molecule has 0 bridgehead atoms. The Bertz CT molecular complexity index is 4120. The van der Waals surface area contributed by atoms with Gasteiger partial charge in [-0.1, -0.05) is 303 Å². The second kappa shape index (κ2) is 20.2. The second-order valence-corrected chi connectivity index (χ2v) is 20.3. The van der Waals surface area contributed by atoms with Crippen molar-refractivity contribution in [1.29, 1.82) is 0 Å². The third-order valence-corrected chi connectivity index (χ3v) is 15.7. The van der Waals surface area contributed by atoms with E-state index in [-0.39, 0.29) is 0 Å². The molecular weight excluding hydrogens is 937 g/mol. The van der Waals surface area contributed by atoms with Gasteiger partial charge < -0.3 is 0 Å². The standard InChI is InChI=1S/C78H52/c1-7-19-53(20-8-1)59-31-39-63(40-32-59)73-69-49-47-67(57-27-15-5-16-28-57)51-71(69)76(66-45-37-62(38-46-66)56-25-13-4-14-26-56)78-74(64-41-33-60(34-42-64)54-21-9-2-10-22-54)70-50-48-68(58-29-17-6-18-30-58)52-72(70)75(77(73)78)65-43-35-61(36-44-65)55-23-11-3-12-24-55/h1-52H. The van der Waals surface area contributed by atoms with Crippen LogP contribution in [0.25, 0.3) is 144 Å². The van der Waals surface area contributed by atoms with E-state index in [2.05, 4.69) is 315 Å². The van der Waals surface area contributed by atoms with Crippen LogP contribution in [0.5, 0.6) is 0 Å². The number of fused-ring (bicyclic) bond motifs is 3. The first-order chi connectivity index (χ1) is 38.7. The molecule has 0 heterocycles. The molecule has 14 aromatic carbocycles. The summed E-state index contributed by atoms with van der Waals surface area (Å²) in [5.74, 6) is 0. The van der Waals surface area contributed by atoms with Crippen LogP contribution >= 0.6 is 0 Å². The van der Waals surface area contributed by atoms with Gasteiger partial charge in [0, 0.05) is 0 Å². The fourth-order valence-electron chi connectivity index (χ4n) is 11.9. The molecule has 0 saturated heterocycles. The lowest BCUT2D eigenvalue weighted by Gasteiger charge is -2.26. The average molecular weight is 989 g/mol. The normalized spacial score (nSPS) is 11.3. The summed E-state index contributed by atoms with van der Waals surface area (Å²) >= 11 is 0. The third-order valence-electron chi connectivity index (χ3n) is 15.7. The van der Waals surface area contributed by atoms with Gasteiger partial charge in [0.25, 0.3) is 0 Å². The molecule has 78 heavy (non-hydrogen) atoms. The molecule has 0 radical (unpaired) electrons. The maximum Gasteiger partial charge on any atom is -0.000139 e. The van der Waals surface area contributed by atoms with Crippen LogP contribution in [0.1, 0.15) is 0 Å². The van der Waals surface area contributed by atoms with Gasteiger partial charge in [0.1, 0.15) is 0 Å². The minimum atomic E-state index is 1.16. The Balaban J connectivity index is 1.19. The third kappa shape index (κ3) is 8.56. The first-order valence-electron chi connectivity index (χ1n) is 27.0. The van der Waals surface area contributed by atoms with Crippen LogP contribution in [0.4, 0.5) is 0 Å². The van der Waals surface area contributed by atoms with Crippen LogP contribution in [0, 0.1) is 0 Å². The highest BCUT2D eigenvalue weighted by Crippen LogP contribution is 2.55. The van der Waals surface area contributed by atoms with Crippen LogP contribution < -0.4 is 0 Å². The molecule has 0 N–H and O–H groups in total. The Morgan fingerprint density at radius 1 is 0.115 bits per heavy atom. The Morgan fingerprint density at radius 3 is 0.513 bits per heavy atom. The molecule has 0 aliphatic rings. The van der Waals surface area contributed by atoms with Gasteiger partial charge in [-0.25, -0.2) is 0 Å². The highest BCUT2D eigenvalue weighted by molar-refractivity contribution is 6.34. The van der Waals surface area contributed by atoms with Crippen molar-refractivity contribution in [2.45, 2.75) is 0 Å². The average Bonchev–Trinajstić information content (AvgIpc) is 2.86. The van der Waals surface area contributed by atoms with Gasteiger partial charge in [0.2, 0.25) is 0 Å². The minimum absolute atomic E-state index is 1.16. The highest BCUT2D eigenvalue weighted by Gasteiger charge is 2.27. The minimum Gasteiger partial charge on any atom is -0.0622 e. The lowest BCUT2D eigenvalue weighted by atomic mass is 9.76. The van der Waals surface area contributed by atoms with Crippen LogP contribution in [-0.2, 0) is 0 Å². The number of benzene rings is 14.